The van der Waals surface area contributed by atoms with Crippen LogP contribution in [0.2, 0.25) is 0 Å². The highest BCUT2D eigenvalue weighted by Crippen LogP contribution is 2.21. The van der Waals surface area contributed by atoms with Gasteiger partial charge in [-0.3, -0.25) is 10.2 Å². The van der Waals surface area contributed by atoms with Crippen molar-refractivity contribution in [1.82, 2.24) is 15.4 Å². The van der Waals surface area contributed by atoms with E-state index in [0.29, 0.717) is 31.3 Å². The maximum absolute atomic E-state index is 13.2. The van der Waals surface area contributed by atoms with E-state index in [1.54, 1.807) is 25.1 Å². The van der Waals surface area contributed by atoms with Gasteiger partial charge in [-0.15, -0.1) is 0 Å². The van der Waals surface area contributed by atoms with Crippen molar-refractivity contribution in [3.63, 3.8) is 0 Å². The normalized spacial score (nSPS) is 16.4. The zero-order chi connectivity index (χ0) is 17.6. The molecule has 1 aliphatic rings. The van der Waals surface area contributed by atoms with Crippen LogP contribution in [-0.4, -0.2) is 48.9 Å². The predicted molar refractivity (Wildman–Crippen MR) is 89.8 cm³/mol. The largest absolute Gasteiger partial charge is 0.379 e. The molecule has 1 fully saturated rings. The van der Waals surface area contributed by atoms with Crippen LogP contribution >= 0.6 is 0 Å². The van der Waals surface area contributed by atoms with Crippen LogP contribution in [0.15, 0.2) is 34.9 Å². The lowest BCUT2D eigenvalue weighted by Crippen LogP contribution is -2.44. The Balaban J connectivity index is 1.64. The number of hydrogen-bond donors (Lipinski definition) is 2. The zero-order valence-electron chi connectivity index (χ0n) is 14.0. The van der Waals surface area contributed by atoms with Crippen molar-refractivity contribution in [1.29, 1.82) is 0 Å². The Kier molecular flexibility index (Phi) is 5.62. The Morgan fingerprint density at radius 1 is 1.32 bits per heavy atom. The van der Waals surface area contributed by atoms with Gasteiger partial charge in [0.1, 0.15) is 11.6 Å². The average Bonchev–Trinajstić information content (AvgIpc) is 3.02. The number of halogens is 1. The Morgan fingerprint density at radius 2 is 2.04 bits per heavy atom. The first-order chi connectivity index (χ1) is 12.1. The number of rotatable bonds is 5. The van der Waals surface area contributed by atoms with Crippen LogP contribution in [0.25, 0.3) is 0 Å². The summed E-state index contributed by atoms with van der Waals surface area (Å²) in [6.45, 7) is 4.93. The van der Waals surface area contributed by atoms with Gasteiger partial charge in [0.2, 0.25) is 0 Å². The molecule has 2 heterocycles. The lowest BCUT2D eigenvalue weighted by Gasteiger charge is -2.34. The summed E-state index contributed by atoms with van der Waals surface area (Å²) < 4.78 is 23.5. The number of nitrogens with zero attached hydrogens (tertiary/aromatic N) is 2. The van der Waals surface area contributed by atoms with Crippen LogP contribution < -0.4 is 10.6 Å². The van der Waals surface area contributed by atoms with Crippen LogP contribution in [-0.2, 0) is 4.74 Å². The molecule has 25 heavy (non-hydrogen) atoms. The van der Waals surface area contributed by atoms with E-state index in [1.165, 1.54) is 12.1 Å². The molecule has 1 atom stereocenters. The second-order valence-corrected chi connectivity index (χ2v) is 5.87. The number of urea groups is 1. The molecule has 7 nitrogen and oxygen atoms in total. The molecule has 1 saturated heterocycles. The molecule has 3 rings (SSSR count). The number of aryl methyl sites for hydroxylation is 1. The molecule has 0 aliphatic carbocycles. The highest BCUT2D eigenvalue weighted by molar-refractivity contribution is 5.88. The number of hydrogen-bond acceptors (Lipinski definition) is 5. The van der Waals surface area contributed by atoms with Crippen LogP contribution in [0.1, 0.15) is 17.4 Å². The number of nitrogens with one attached hydrogen (secondary N) is 2. The minimum atomic E-state index is -0.367. The van der Waals surface area contributed by atoms with Gasteiger partial charge in [-0.05, 0) is 24.6 Å². The van der Waals surface area contributed by atoms with E-state index in [2.05, 4.69) is 20.7 Å². The first-order valence-corrected chi connectivity index (χ1v) is 8.17. The van der Waals surface area contributed by atoms with Crippen molar-refractivity contribution < 1.29 is 18.4 Å². The van der Waals surface area contributed by atoms with Crippen molar-refractivity contribution in [2.24, 2.45) is 0 Å². The fraction of sp³-hybridized carbons (Fsp3) is 0.412. The summed E-state index contributed by atoms with van der Waals surface area (Å²) in [5, 5.41) is 9.19. The number of aromatic nitrogens is 1. The van der Waals surface area contributed by atoms with Crippen LogP contribution in [0, 0.1) is 12.7 Å². The Morgan fingerprint density at radius 3 is 2.68 bits per heavy atom. The number of carbonyl (C=O) groups excluding carboxylic acids is 1. The minimum Gasteiger partial charge on any atom is -0.379 e. The second-order valence-electron chi connectivity index (χ2n) is 5.87. The minimum absolute atomic E-state index is 0.0608. The third-order valence-corrected chi connectivity index (χ3v) is 4.07. The number of benzene rings is 1. The van der Waals surface area contributed by atoms with Gasteiger partial charge in [0.05, 0.1) is 19.3 Å². The number of amides is 2. The molecule has 1 aliphatic heterocycles. The smallest absolute Gasteiger partial charge is 0.320 e. The zero-order valence-corrected chi connectivity index (χ0v) is 14.0. The highest BCUT2D eigenvalue weighted by atomic mass is 19.1. The fourth-order valence-electron chi connectivity index (χ4n) is 2.81. The maximum Gasteiger partial charge on any atom is 0.320 e. The van der Waals surface area contributed by atoms with E-state index >= 15 is 0 Å². The first-order valence-electron chi connectivity index (χ1n) is 8.17. The van der Waals surface area contributed by atoms with Crippen molar-refractivity contribution in [2.75, 3.05) is 38.2 Å². The van der Waals surface area contributed by atoms with E-state index in [-0.39, 0.29) is 17.9 Å². The number of carbonyl (C=O) groups is 1. The van der Waals surface area contributed by atoms with E-state index < -0.39 is 0 Å². The van der Waals surface area contributed by atoms with Gasteiger partial charge in [-0.2, -0.15) is 0 Å². The maximum atomic E-state index is 13.2. The summed E-state index contributed by atoms with van der Waals surface area (Å²) in [5.74, 6) is 0.698. The second kappa shape index (κ2) is 8.09. The molecule has 1 aromatic carbocycles. The molecule has 1 unspecified atom stereocenters. The molecule has 2 amide bonds. The molecule has 0 saturated carbocycles. The molecule has 134 valence electrons. The van der Waals surface area contributed by atoms with Crippen molar-refractivity contribution in [2.45, 2.75) is 13.0 Å². The topological polar surface area (TPSA) is 79.6 Å². The van der Waals surface area contributed by atoms with Gasteiger partial charge in [0.15, 0.2) is 5.82 Å². The Labute approximate surface area is 145 Å². The third kappa shape index (κ3) is 4.77. The quantitative estimate of drug-likeness (QED) is 0.867. The van der Waals surface area contributed by atoms with E-state index in [4.69, 9.17) is 9.26 Å². The lowest BCUT2D eigenvalue weighted by atomic mass is 10.0. The molecular weight excluding hydrogens is 327 g/mol. The van der Waals surface area contributed by atoms with Gasteiger partial charge in [-0.25, -0.2) is 9.18 Å². The number of anilines is 1. The summed E-state index contributed by atoms with van der Waals surface area (Å²) in [6, 6.07) is 7.57. The average molecular weight is 348 g/mol. The molecule has 0 spiro atoms. The molecule has 0 bridgehead atoms. The highest BCUT2D eigenvalue weighted by Gasteiger charge is 2.23. The summed E-state index contributed by atoms with van der Waals surface area (Å²) in [5.41, 5.74) is 0.945. The van der Waals surface area contributed by atoms with E-state index in [9.17, 15) is 9.18 Å². The van der Waals surface area contributed by atoms with Gasteiger partial charge in [0.25, 0.3) is 0 Å². The van der Waals surface area contributed by atoms with Crippen LogP contribution in [0.5, 0.6) is 0 Å². The predicted octanol–water partition coefficient (Wildman–Crippen LogP) is 2.32. The number of ether oxygens (including phenoxy) is 1. The molecule has 0 radical (unpaired) electrons. The lowest BCUT2D eigenvalue weighted by molar-refractivity contribution is 0.0167. The van der Waals surface area contributed by atoms with Gasteiger partial charge in [0, 0.05) is 25.7 Å². The van der Waals surface area contributed by atoms with Crippen molar-refractivity contribution >= 4 is 11.8 Å². The molecule has 1 aromatic heterocycles. The molecule has 2 N–H and O–H groups in total. The summed E-state index contributed by atoms with van der Waals surface area (Å²) >= 11 is 0. The summed E-state index contributed by atoms with van der Waals surface area (Å²) in [4.78, 5) is 14.3. The van der Waals surface area contributed by atoms with Crippen LogP contribution in [0.4, 0.5) is 15.0 Å². The summed E-state index contributed by atoms with van der Waals surface area (Å²) in [7, 11) is 0. The molecule has 8 heteroatoms. The Hall–Kier alpha value is -2.45. The van der Waals surface area contributed by atoms with E-state index in [0.717, 1.165) is 18.7 Å². The van der Waals surface area contributed by atoms with Crippen molar-refractivity contribution in [3.8, 4) is 0 Å². The summed E-state index contributed by atoms with van der Waals surface area (Å²) in [6.07, 6.45) is 0. The van der Waals surface area contributed by atoms with Crippen LogP contribution in [0.3, 0.4) is 0 Å². The first kappa shape index (κ1) is 17.4. The third-order valence-electron chi connectivity index (χ3n) is 4.07. The van der Waals surface area contributed by atoms with Gasteiger partial charge < -0.3 is 14.6 Å². The monoisotopic (exact) mass is 348 g/mol. The SMILES string of the molecule is Cc1cc(NC(=O)NCC(c2ccc(F)cc2)N2CCOCC2)no1. The van der Waals surface area contributed by atoms with E-state index in [1.807, 2.05) is 0 Å². The number of morpholine rings is 1. The van der Waals surface area contributed by atoms with Gasteiger partial charge in [-0.1, -0.05) is 17.3 Å². The fourth-order valence-corrected chi connectivity index (χ4v) is 2.81. The van der Waals surface area contributed by atoms with Gasteiger partial charge >= 0.3 is 6.03 Å². The Bertz CT molecular complexity index is 698. The molecular formula is C17H21FN4O3. The standard InChI is InChI=1S/C17H21FN4O3/c1-12-10-16(21-25-12)20-17(23)19-11-15(22-6-8-24-9-7-22)13-2-4-14(18)5-3-13/h2-5,10,15H,6-9,11H2,1H3,(H2,19,20,21,23). The molecule has 2 aromatic rings. The van der Waals surface area contributed by atoms with Crippen molar-refractivity contribution in [3.05, 3.63) is 47.5 Å².